The third-order valence-electron chi connectivity index (χ3n) is 1.78. The van der Waals surface area contributed by atoms with Gasteiger partial charge < -0.3 is 11.1 Å². The number of nitrogens with one attached hydrogen (secondary N) is 1. The summed E-state index contributed by atoms with van der Waals surface area (Å²) in [4.78, 5) is 2.25. The first-order valence-electron chi connectivity index (χ1n) is 3.55. The number of hydrogen-bond acceptors (Lipinski definition) is 3. The normalized spacial score (nSPS) is 24.7. The molecule has 0 saturated carbocycles. The van der Waals surface area contributed by atoms with Crippen molar-refractivity contribution in [1.29, 1.82) is 0 Å². The summed E-state index contributed by atoms with van der Waals surface area (Å²) in [5.74, 6) is 0. The highest BCUT2D eigenvalue weighted by Gasteiger charge is 2.15. The largest absolute Gasteiger partial charge is 0.316 e. The van der Waals surface area contributed by atoms with E-state index in [9.17, 15) is 0 Å². The van der Waals surface area contributed by atoms with E-state index in [4.69, 9.17) is 5.73 Å². The van der Waals surface area contributed by atoms with Gasteiger partial charge in [-0.15, -0.1) is 0 Å². The number of nitrogens with two attached hydrogens (primary N) is 1. The van der Waals surface area contributed by atoms with Crippen molar-refractivity contribution in [2.24, 2.45) is 5.73 Å². The molecule has 3 N–H and O–H groups in total. The minimum atomic E-state index is 0.264. The van der Waals surface area contributed by atoms with Crippen molar-refractivity contribution >= 4 is 0 Å². The van der Waals surface area contributed by atoms with E-state index in [1.54, 1.807) is 0 Å². The van der Waals surface area contributed by atoms with Gasteiger partial charge >= 0.3 is 0 Å². The van der Waals surface area contributed by atoms with Crippen molar-refractivity contribution in [3.8, 4) is 0 Å². The summed E-state index contributed by atoms with van der Waals surface area (Å²) >= 11 is 0. The quantitative estimate of drug-likeness (QED) is 0.530. The highest BCUT2D eigenvalue weighted by atomic mass is 15.3. The molecule has 3 nitrogen and oxygen atoms in total. The van der Waals surface area contributed by atoms with Crippen molar-refractivity contribution in [3.63, 3.8) is 0 Å². The smallest absolute Gasteiger partial charge is 0.0580 e. The van der Waals surface area contributed by atoms with Gasteiger partial charge in [0, 0.05) is 19.8 Å². The summed E-state index contributed by atoms with van der Waals surface area (Å²) in [7, 11) is 0. The Morgan fingerprint density at radius 2 is 2.56 bits per heavy atom. The molecule has 0 aromatic rings. The Labute approximate surface area is 56.2 Å². The van der Waals surface area contributed by atoms with E-state index >= 15 is 0 Å². The van der Waals surface area contributed by atoms with Crippen LogP contribution in [0.2, 0.25) is 0 Å². The van der Waals surface area contributed by atoms with E-state index < -0.39 is 0 Å². The summed E-state index contributed by atoms with van der Waals surface area (Å²) in [5, 5.41) is 3.23. The Balaban J connectivity index is 2.24. The summed E-state index contributed by atoms with van der Waals surface area (Å²) < 4.78 is 0. The first kappa shape index (κ1) is 6.99. The molecule has 1 fully saturated rings. The van der Waals surface area contributed by atoms with Crippen LogP contribution >= 0.6 is 0 Å². The molecule has 0 aromatic heterocycles. The van der Waals surface area contributed by atoms with E-state index in [1.807, 2.05) is 0 Å². The lowest BCUT2D eigenvalue weighted by molar-refractivity contribution is 0.239. The fourth-order valence-corrected chi connectivity index (χ4v) is 1.07. The zero-order chi connectivity index (χ0) is 6.69. The second-order valence-corrected chi connectivity index (χ2v) is 2.45. The van der Waals surface area contributed by atoms with Crippen molar-refractivity contribution < 1.29 is 0 Å². The molecule has 1 aliphatic heterocycles. The lowest BCUT2D eigenvalue weighted by atomic mass is 10.3. The minimum absolute atomic E-state index is 0.264. The van der Waals surface area contributed by atoms with Crippen LogP contribution in [0, 0.1) is 0 Å². The first-order chi connectivity index (χ1) is 4.34. The zero-order valence-corrected chi connectivity index (χ0v) is 5.93. The molecular weight excluding hydrogens is 114 g/mol. The molecule has 54 valence electrons. The van der Waals surface area contributed by atoms with Gasteiger partial charge in [0.2, 0.25) is 0 Å². The third kappa shape index (κ3) is 1.64. The molecule has 1 atom stereocenters. The van der Waals surface area contributed by atoms with Crippen molar-refractivity contribution in [2.75, 3.05) is 19.8 Å². The number of rotatable bonds is 2. The van der Waals surface area contributed by atoms with Gasteiger partial charge in [0.25, 0.3) is 0 Å². The predicted octanol–water partition coefficient (Wildman–Crippen LogP) is -0.456. The second kappa shape index (κ2) is 3.15. The van der Waals surface area contributed by atoms with Crippen LogP contribution in [-0.4, -0.2) is 30.8 Å². The van der Waals surface area contributed by atoms with Gasteiger partial charge in [-0.25, -0.2) is 0 Å². The third-order valence-corrected chi connectivity index (χ3v) is 1.78. The minimum Gasteiger partial charge on any atom is -0.316 e. The topological polar surface area (TPSA) is 41.3 Å². The van der Waals surface area contributed by atoms with Crippen LogP contribution in [0.4, 0.5) is 0 Å². The Kier molecular flexibility index (Phi) is 2.45. The van der Waals surface area contributed by atoms with Crippen LogP contribution in [0.15, 0.2) is 0 Å². The lowest BCUT2D eigenvalue weighted by Crippen LogP contribution is -2.40. The highest BCUT2D eigenvalue weighted by Crippen LogP contribution is 1.98. The van der Waals surface area contributed by atoms with Crippen LogP contribution in [0.5, 0.6) is 0 Å². The highest BCUT2D eigenvalue weighted by molar-refractivity contribution is 4.69. The summed E-state index contributed by atoms with van der Waals surface area (Å²) in [6, 6.07) is 0. The molecule has 9 heavy (non-hydrogen) atoms. The van der Waals surface area contributed by atoms with Gasteiger partial charge in [-0.1, -0.05) is 6.92 Å². The molecule has 0 spiro atoms. The molecule has 0 bridgehead atoms. The molecule has 1 aliphatic rings. The summed E-state index contributed by atoms with van der Waals surface area (Å²) in [6.07, 6.45) is 1.31. The number of hydrogen-bond donors (Lipinski definition) is 2. The Hall–Kier alpha value is -0.120. The molecule has 3 heteroatoms. The SMILES string of the molecule is CCC(N)N1CCNC1. The first-order valence-corrected chi connectivity index (χ1v) is 3.55. The molecule has 1 unspecified atom stereocenters. The molecule has 1 heterocycles. The van der Waals surface area contributed by atoms with E-state index in [1.165, 1.54) is 0 Å². The average Bonchev–Trinajstić information content (AvgIpc) is 2.37. The van der Waals surface area contributed by atoms with Crippen LogP contribution in [0.1, 0.15) is 13.3 Å². The molecule has 0 radical (unpaired) electrons. The van der Waals surface area contributed by atoms with Gasteiger partial charge in [-0.05, 0) is 6.42 Å². The van der Waals surface area contributed by atoms with E-state index in [2.05, 4.69) is 17.1 Å². The second-order valence-electron chi connectivity index (χ2n) is 2.45. The van der Waals surface area contributed by atoms with Crippen molar-refractivity contribution in [2.45, 2.75) is 19.5 Å². The van der Waals surface area contributed by atoms with Gasteiger partial charge in [-0.3, -0.25) is 4.90 Å². The van der Waals surface area contributed by atoms with E-state index in [0.717, 1.165) is 26.2 Å². The molecule has 0 amide bonds. The molecule has 0 aliphatic carbocycles. The molecule has 1 saturated heterocycles. The van der Waals surface area contributed by atoms with E-state index in [-0.39, 0.29) is 6.17 Å². The van der Waals surface area contributed by atoms with Crippen LogP contribution in [0.3, 0.4) is 0 Å². The number of nitrogens with zero attached hydrogens (tertiary/aromatic N) is 1. The lowest BCUT2D eigenvalue weighted by Gasteiger charge is -2.20. The van der Waals surface area contributed by atoms with Gasteiger partial charge in [0.05, 0.1) is 6.17 Å². The van der Waals surface area contributed by atoms with Gasteiger partial charge in [0.15, 0.2) is 0 Å². The maximum Gasteiger partial charge on any atom is 0.0580 e. The van der Waals surface area contributed by atoms with Crippen LogP contribution < -0.4 is 11.1 Å². The maximum atomic E-state index is 5.76. The zero-order valence-electron chi connectivity index (χ0n) is 5.93. The standard InChI is InChI=1S/C6H15N3/c1-2-6(7)9-4-3-8-5-9/h6,8H,2-5,7H2,1H3. The average molecular weight is 129 g/mol. The predicted molar refractivity (Wildman–Crippen MR) is 37.8 cm³/mol. The van der Waals surface area contributed by atoms with Gasteiger partial charge in [0.1, 0.15) is 0 Å². The van der Waals surface area contributed by atoms with Crippen molar-refractivity contribution in [3.05, 3.63) is 0 Å². The molecule has 0 aromatic carbocycles. The fraction of sp³-hybridized carbons (Fsp3) is 1.00. The summed E-state index contributed by atoms with van der Waals surface area (Å²) in [5.41, 5.74) is 5.76. The fourth-order valence-electron chi connectivity index (χ4n) is 1.07. The van der Waals surface area contributed by atoms with E-state index in [0.29, 0.717) is 0 Å². The Morgan fingerprint density at radius 3 is 3.00 bits per heavy atom. The van der Waals surface area contributed by atoms with Crippen LogP contribution in [0.25, 0.3) is 0 Å². The summed E-state index contributed by atoms with van der Waals surface area (Å²) in [6.45, 7) is 5.28. The monoisotopic (exact) mass is 129 g/mol. The molecule has 1 rings (SSSR count). The van der Waals surface area contributed by atoms with Gasteiger partial charge in [-0.2, -0.15) is 0 Å². The Morgan fingerprint density at radius 1 is 1.78 bits per heavy atom. The van der Waals surface area contributed by atoms with Crippen molar-refractivity contribution in [1.82, 2.24) is 10.2 Å². The Bertz CT molecular complexity index is 78.4. The molecular formula is C6H15N3. The maximum absolute atomic E-state index is 5.76. The van der Waals surface area contributed by atoms with Crippen LogP contribution in [-0.2, 0) is 0 Å².